The zero-order valence-corrected chi connectivity index (χ0v) is 34.3. The largest absolute Gasteiger partial charge is 0.470 e. The van der Waals surface area contributed by atoms with Gasteiger partial charge in [0.2, 0.25) is 5.82 Å². The molecule has 0 amide bonds. The number of carbonyl (C=O) groups excluding carboxylic acids is 7. The molecule has 2 heterocycles. The van der Waals surface area contributed by atoms with E-state index in [1.807, 2.05) is 25.7 Å². The van der Waals surface area contributed by atoms with Gasteiger partial charge < -0.3 is 52.8 Å². The van der Waals surface area contributed by atoms with Crippen LogP contribution in [-0.2, 0) is 71.5 Å². The van der Waals surface area contributed by atoms with Crippen molar-refractivity contribution in [3.05, 3.63) is 0 Å². The van der Waals surface area contributed by atoms with E-state index in [-0.39, 0.29) is 31.0 Å². The Morgan fingerprint density at radius 2 is 1.09 bits per heavy atom. The van der Waals surface area contributed by atoms with Crippen LogP contribution in [0.5, 0.6) is 5.88 Å². The Labute approximate surface area is 329 Å². The van der Waals surface area contributed by atoms with E-state index in [4.69, 9.17) is 42.6 Å². The third-order valence-electron chi connectivity index (χ3n) is 7.52. The van der Waals surface area contributed by atoms with Crippen LogP contribution in [0.25, 0.3) is 0 Å². The predicted molar refractivity (Wildman–Crippen MR) is 194 cm³/mol. The van der Waals surface area contributed by atoms with Crippen molar-refractivity contribution >= 4 is 59.3 Å². The van der Waals surface area contributed by atoms with E-state index < -0.39 is 84.5 Å². The molecule has 0 aromatic carbocycles. The van der Waals surface area contributed by atoms with E-state index in [0.29, 0.717) is 38.5 Å². The standard InChI is InChI=1S/C35H54N4O16S/c1-11-12-26(40)49-19(2)29(41)50-20(3)30(42)51-21(4)31(43)52-22(5)32(44)53-23(6)33(45)54-24(7)34(46)55-25(17-36-35(8,9)10)18-48-28-27(37-56-38-28)39-13-15-47-16-14-39/h19-25,36H,11-18H2,1-10H3/t19-,20-,21-,22-,23-,24-,25-/m0/s1. The molecular formula is C35H54N4O16S. The first-order chi connectivity index (χ1) is 26.2. The molecule has 0 saturated carbocycles. The van der Waals surface area contributed by atoms with Gasteiger partial charge in [-0.3, -0.25) is 4.79 Å². The second-order valence-electron chi connectivity index (χ2n) is 13.8. The fourth-order valence-corrected chi connectivity index (χ4v) is 4.84. The van der Waals surface area contributed by atoms with Crippen molar-refractivity contribution in [3.63, 3.8) is 0 Å². The highest BCUT2D eigenvalue weighted by Crippen LogP contribution is 2.26. The molecule has 1 fully saturated rings. The van der Waals surface area contributed by atoms with Crippen LogP contribution < -0.4 is 15.0 Å². The van der Waals surface area contributed by atoms with Crippen molar-refractivity contribution in [2.45, 2.75) is 130 Å². The van der Waals surface area contributed by atoms with Gasteiger partial charge in [0.05, 0.1) is 24.9 Å². The van der Waals surface area contributed by atoms with E-state index in [1.165, 1.54) is 27.7 Å². The highest BCUT2D eigenvalue weighted by molar-refractivity contribution is 6.99. The fourth-order valence-electron chi connectivity index (χ4n) is 4.32. The maximum absolute atomic E-state index is 13.0. The quantitative estimate of drug-likeness (QED) is 0.136. The molecule has 7 atom stereocenters. The van der Waals surface area contributed by atoms with Gasteiger partial charge >= 0.3 is 41.8 Å². The molecule has 0 spiro atoms. The molecule has 1 saturated heterocycles. The Balaban J connectivity index is 1.86. The lowest BCUT2D eigenvalue weighted by atomic mass is 10.1. The molecule has 1 N–H and O–H groups in total. The summed E-state index contributed by atoms with van der Waals surface area (Å²) in [5, 5.41) is 3.24. The van der Waals surface area contributed by atoms with E-state index in [0.717, 1.165) is 25.6 Å². The summed E-state index contributed by atoms with van der Waals surface area (Å²) in [5.41, 5.74) is -0.335. The number of rotatable bonds is 21. The van der Waals surface area contributed by atoms with Crippen LogP contribution in [0.2, 0.25) is 0 Å². The maximum atomic E-state index is 13.0. The molecule has 1 aliphatic rings. The minimum absolute atomic E-state index is 0.0930. The number of ether oxygens (including phenoxy) is 9. The minimum Gasteiger partial charge on any atom is -0.470 e. The van der Waals surface area contributed by atoms with Crippen LogP contribution in [0.3, 0.4) is 0 Å². The molecule has 0 unspecified atom stereocenters. The highest BCUT2D eigenvalue weighted by atomic mass is 32.1. The Bertz CT molecular complexity index is 1490. The lowest BCUT2D eigenvalue weighted by molar-refractivity contribution is -0.188. The van der Waals surface area contributed by atoms with E-state index in [2.05, 4.69) is 14.1 Å². The number of nitrogens with one attached hydrogen (secondary N) is 1. The number of hydrogen-bond donors (Lipinski definition) is 1. The summed E-state index contributed by atoms with van der Waals surface area (Å²) in [5.74, 6) is -6.18. The molecule has 56 heavy (non-hydrogen) atoms. The van der Waals surface area contributed by atoms with Crippen molar-refractivity contribution in [1.29, 1.82) is 0 Å². The molecule has 1 aromatic rings. The lowest BCUT2D eigenvalue weighted by Crippen LogP contribution is -2.45. The first kappa shape index (κ1) is 47.5. The number of aromatic nitrogens is 2. The summed E-state index contributed by atoms with van der Waals surface area (Å²) in [6, 6.07) is 0. The predicted octanol–water partition coefficient (Wildman–Crippen LogP) is 1.44. The number of esters is 7. The van der Waals surface area contributed by atoms with E-state index in [9.17, 15) is 33.6 Å². The third kappa shape index (κ3) is 16.6. The summed E-state index contributed by atoms with van der Waals surface area (Å²) in [6.07, 6.45) is -9.06. The van der Waals surface area contributed by atoms with Crippen LogP contribution in [0, 0.1) is 0 Å². The molecule has 1 aliphatic heterocycles. The Hall–Kier alpha value is -4.63. The summed E-state index contributed by atoms with van der Waals surface area (Å²) >= 11 is 0.983. The van der Waals surface area contributed by atoms with Gasteiger partial charge in [-0.1, -0.05) is 6.92 Å². The van der Waals surface area contributed by atoms with Gasteiger partial charge in [-0.2, -0.15) is 4.37 Å². The number of carbonyl (C=O) groups is 7. The van der Waals surface area contributed by atoms with Crippen LogP contribution in [0.4, 0.5) is 5.82 Å². The van der Waals surface area contributed by atoms with Crippen LogP contribution in [0.15, 0.2) is 0 Å². The van der Waals surface area contributed by atoms with Gasteiger partial charge in [0.15, 0.2) is 36.6 Å². The molecule has 0 bridgehead atoms. The Morgan fingerprint density at radius 1 is 0.679 bits per heavy atom. The summed E-state index contributed by atoms with van der Waals surface area (Å²) in [6.45, 7) is 17.2. The zero-order chi connectivity index (χ0) is 42.2. The normalized spacial score (nSPS) is 16.7. The molecular weight excluding hydrogens is 764 g/mol. The third-order valence-corrected chi connectivity index (χ3v) is 8.02. The second-order valence-corrected chi connectivity index (χ2v) is 14.3. The van der Waals surface area contributed by atoms with Crippen LogP contribution >= 0.6 is 11.7 Å². The molecule has 21 heteroatoms. The SMILES string of the molecule is CCCC(=O)O[C@@H](C)C(=O)O[C@@H](C)C(=O)O[C@@H](C)C(=O)O[C@@H](C)C(=O)O[C@@H](C)C(=O)O[C@@H](C)C(=O)O[C@@H](CNC(C)(C)C)COc1nsnc1N1CCOCC1. The zero-order valence-electron chi connectivity index (χ0n) is 33.5. The summed E-state index contributed by atoms with van der Waals surface area (Å²) in [4.78, 5) is 89.0. The van der Waals surface area contributed by atoms with Crippen molar-refractivity contribution in [2.24, 2.45) is 0 Å². The van der Waals surface area contributed by atoms with Crippen LogP contribution in [0.1, 0.15) is 82.1 Å². The fraction of sp³-hybridized carbons (Fsp3) is 0.743. The highest BCUT2D eigenvalue weighted by Gasteiger charge is 2.33. The molecule has 316 valence electrons. The van der Waals surface area contributed by atoms with Gasteiger partial charge in [0.25, 0.3) is 5.88 Å². The number of hydrogen-bond acceptors (Lipinski definition) is 21. The van der Waals surface area contributed by atoms with Crippen molar-refractivity contribution in [2.75, 3.05) is 44.4 Å². The second kappa shape index (κ2) is 22.8. The summed E-state index contributed by atoms with van der Waals surface area (Å²) in [7, 11) is 0. The van der Waals surface area contributed by atoms with Gasteiger partial charge in [-0.15, -0.1) is 4.37 Å². The number of anilines is 1. The van der Waals surface area contributed by atoms with E-state index >= 15 is 0 Å². The lowest BCUT2D eigenvalue weighted by Gasteiger charge is -2.28. The molecule has 0 aliphatic carbocycles. The average molecular weight is 819 g/mol. The Kier molecular flexibility index (Phi) is 19.4. The molecule has 1 aromatic heterocycles. The first-order valence-corrected chi connectivity index (χ1v) is 18.9. The smallest absolute Gasteiger partial charge is 0.347 e. The van der Waals surface area contributed by atoms with Crippen molar-refractivity contribution in [1.82, 2.24) is 14.1 Å². The number of morpholine rings is 1. The summed E-state index contributed by atoms with van der Waals surface area (Å²) < 4.78 is 55.6. The Morgan fingerprint density at radius 3 is 1.50 bits per heavy atom. The molecule has 2 rings (SSSR count). The molecule has 20 nitrogen and oxygen atoms in total. The minimum atomic E-state index is -1.57. The average Bonchev–Trinajstić information content (AvgIpc) is 3.61. The van der Waals surface area contributed by atoms with Crippen molar-refractivity contribution < 1.29 is 76.2 Å². The first-order valence-electron chi connectivity index (χ1n) is 18.2. The van der Waals surface area contributed by atoms with Gasteiger partial charge in [0, 0.05) is 31.6 Å². The number of nitrogens with zero attached hydrogens (tertiary/aromatic N) is 3. The van der Waals surface area contributed by atoms with E-state index in [1.54, 1.807) is 6.92 Å². The van der Waals surface area contributed by atoms with Gasteiger partial charge in [-0.05, 0) is 68.7 Å². The molecule has 0 radical (unpaired) electrons. The monoisotopic (exact) mass is 818 g/mol. The topological polar surface area (TPSA) is 244 Å². The van der Waals surface area contributed by atoms with Gasteiger partial charge in [0.1, 0.15) is 12.7 Å². The maximum Gasteiger partial charge on any atom is 0.347 e. The van der Waals surface area contributed by atoms with Crippen molar-refractivity contribution in [3.8, 4) is 5.88 Å². The van der Waals surface area contributed by atoms with Crippen LogP contribution in [-0.4, -0.2) is 138 Å². The van der Waals surface area contributed by atoms with Gasteiger partial charge in [-0.25, -0.2) is 28.8 Å².